The van der Waals surface area contributed by atoms with Gasteiger partial charge in [0.2, 0.25) is 0 Å². The summed E-state index contributed by atoms with van der Waals surface area (Å²) in [7, 11) is 0. The van der Waals surface area contributed by atoms with Gasteiger partial charge in [-0.2, -0.15) is 0 Å². The van der Waals surface area contributed by atoms with Gasteiger partial charge < -0.3 is 10.1 Å². The van der Waals surface area contributed by atoms with E-state index in [0.29, 0.717) is 6.10 Å². The van der Waals surface area contributed by atoms with Crippen molar-refractivity contribution in [2.75, 3.05) is 19.7 Å². The Hall–Kier alpha value is -0.0800. The summed E-state index contributed by atoms with van der Waals surface area (Å²) in [4.78, 5) is 0. The van der Waals surface area contributed by atoms with Gasteiger partial charge in [0.25, 0.3) is 0 Å². The van der Waals surface area contributed by atoms with Crippen LogP contribution in [-0.4, -0.2) is 25.8 Å². The molecule has 0 aliphatic rings. The van der Waals surface area contributed by atoms with Gasteiger partial charge in [0.15, 0.2) is 0 Å². The van der Waals surface area contributed by atoms with Crippen molar-refractivity contribution in [3.8, 4) is 0 Å². The van der Waals surface area contributed by atoms with Crippen molar-refractivity contribution in [3.63, 3.8) is 0 Å². The predicted octanol–water partition coefficient (Wildman–Crippen LogP) is 1.80. The summed E-state index contributed by atoms with van der Waals surface area (Å²) < 4.78 is 5.36. The Balaban J connectivity index is 2.97. The maximum absolute atomic E-state index is 5.36. The fraction of sp³-hybridized carbons (Fsp3) is 1.00. The van der Waals surface area contributed by atoms with Crippen molar-refractivity contribution in [2.45, 2.75) is 39.7 Å². The van der Waals surface area contributed by atoms with E-state index in [9.17, 15) is 0 Å². The first kappa shape index (κ1) is 10.9. The van der Waals surface area contributed by atoms with Crippen LogP contribution in [-0.2, 0) is 4.74 Å². The van der Waals surface area contributed by atoms with Crippen molar-refractivity contribution >= 4 is 0 Å². The van der Waals surface area contributed by atoms with E-state index in [1.54, 1.807) is 0 Å². The minimum Gasteiger partial charge on any atom is -0.377 e. The van der Waals surface area contributed by atoms with Crippen molar-refractivity contribution < 1.29 is 4.74 Å². The van der Waals surface area contributed by atoms with Gasteiger partial charge >= 0.3 is 0 Å². The molecule has 0 aliphatic heterocycles. The van der Waals surface area contributed by atoms with Crippen LogP contribution >= 0.6 is 0 Å². The zero-order valence-corrected chi connectivity index (χ0v) is 8.02. The summed E-state index contributed by atoms with van der Waals surface area (Å²) in [5, 5.41) is 3.35. The van der Waals surface area contributed by atoms with Crippen molar-refractivity contribution in [2.24, 2.45) is 0 Å². The Bertz CT molecular complexity index is 76.0. The summed E-state index contributed by atoms with van der Waals surface area (Å²) in [6.07, 6.45) is 2.88. The molecule has 0 aromatic rings. The lowest BCUT2D eigenvalue weighted by Crippen LogP contribution is -2.27. The van der Waals surface area contributed by atoms with Crippen LogP contribution in [0.3, 0.4) is 0 Å². The van der Waals surface area contributed by atoms with Gasteiger partial charge in [0.05, 0.1) is 6.10 Å². The Morgan fingerprint density at radius 2 is 2.09 bits per heavy atom. The van der Waals surface area contributed by atoms with Crippen LogP contribution < -0.4 is 5.32 Å². The second-order valence-corrected chi connectivity index (χ2v) is 2.82. The summed E-state index contributed by atoms with van der Waals surface area (Å²) in [6, 6.07) is 0. The highest BCUT2D eigenvalue weighted by molar-refractivity contribution is 4.54. The van der Waals surface area contributed by atoms with E-state index in [4.69, 9.17) is 4.74 Å². The molecule has 0 saturated heterocycles. The first-order chi connectivity index (χ1) is 5.31. The monoisotopic (exact) mass is 159 g/mol. The summed E-state index contributed by atoms with van der Waals surface area (Å²) in [6.45, 7) is 9.25. The zero-order chi connectivity index (χ0) is 8.53. The number of hydrogen-bond acceptors (Lipinski definition) is 2. The van der Waals surface area contributed by atoms with Crippen LogP contribution in [0, 0.1) is 0 Å². The first-order valence-electron chi connectivity index (χ1n) is 4.63. The fourth-order valence-corrected chi connectivity index (χ4v) is 0.951. The lowest BCUT2D eigenvalue weighted by atomic mass is 10.3. The zero-order valence-electron chi connectivity index (χ0n) is 8.02. The minimum atomic E-state index is 0.358. The highest BCUT2D eigenvalue weighted by Crippen LogP contribution is 1.88. The minimum absolute atomic E-state index is 0.358. The molecule has 0 radical (unpaired) electrons. The van der Waals surface area contributed by atoms with Crippen molar-refractivity contribution in [1.29, 1.82) is 0 Å². The van der Waals surface area contributed by atoms with E-state index < -0.39 is 0 Å². The Labute approximate surface area is 70.3 Å². The molecule has 0 rings (SSSR count). The molecule has 0 aromatic heterocycles. The van der Waals surface area contributed by atoms with E-state index in [0.717, 1.165) is 19.7 Å². The standard InChI is InChI=1S/C9H21NO/c1-4-6-7-10-8-9(3)11-5-2/h9-10H,4-8H2,1-3H3. The number of rotatable bonds is 7. The van der Waals surface area contributed by atoms with E-state index in [-0.39, 0.29) is 0 Å². The Kier molecular flexibility index (Phi) is 7.96. The number of ether oxygens (including phenoxy) is 1. The predicted molar refractivity (Wildman–Crippen MR) is 48.9 cm³/mol. The van der Waals surface area contributed by atoms with Crippen LogP contribution in [0.5, 0.6) is 0 Å². The second kappa shape index (κ2) is 8.02. The topological polar surface area (TPSA) is 21.3 Å². The summed E-state index contributed by atoms with van der Waals surface area (Å²) in [5.74, 6) is 0. The molecule has 1 atom stereocenters. The maximum Gasteiger partial charge on any atom is 0.0671 e. The average molecular weight is 159 g/mol. The van der Waals surface area contributed by atoms with Gasteiger partial charge in [-0.1, -0.05) is 13.3 Å². The molecule has 2 nitrogen and oxygen atoms in total. The Morgan fingerprint density at radius 1 is 1.36 bits per heavy atom. The summed E-state index contributed by atoms with van der Waals surface area (Å²) in [5.41, 5.74) is 0. The highest BCUT2D eigenvalue weighted by Gasteiger charge is 1.97. The van der Waals surface area contributed by atoms with Crippen LogP contribution in [0.15, 0.2) is 0 Å². The molecular weight excluding hydrogens is 138 g/mol. The molecule has 68 valence electrons. The largest absolute Gasteiger partial charge is 0.377 e. The van der Waals surface area contributed by atoms with Crippen molar-refractivity contribution in [3.05, 3.63) is 0 Å². The van der Waals surface area contributed by atoms with Gasteiger partial charge in [0, 0.05) is 13.2 Å². The molecule has 2 heteroatoms. The van der Waals surface area contributed by atoms with Crippen LogP contribution in [0.1, 0.15) is 33.6 Å². The van der Waals surface area contributed by atoms with Crippen LogP contribution in [0.4, 0.5) is 0 Å². The fourth-order valence-electron chi connectivity index (χ4n) is 0.951. The van der Waals surface area contributed by atoms with Crippen LogP contribution in [0.2, 0.25) is 0 Å². The molecule has 1 N–H and O–H groups in total. The van der Waals surface area contributed by atoms with Gasteiger partial charge in [-0.3, -0.25) is 0 Å². The molecule has 0 saturated carbocycles. The molecule has 0 amide bonds. The molecule has 11 heavy (non-hydrogen) atoms. The highest BCUT2D eigenvalue weighted by atomic mass is 16.5. The number of unbranched alkanes of at least 4 members (excludes halogenated alkanes) is 1. The molecule has 0 spiro atoms. The third-order valence-corrected chi connectivity index (χ3v) is 1.59. The van der Waals surface area contributed by atoms with Gasteiger partial charge in [-0.05, 0) is 26.8 Å². The lowest BCUT2D eigenvalue weighted by Gasteiger charge is -2.11. The van der Waals surface area contributed by atoms with E-state index in [1.165, 1.54) is 12.8 Å². The molecule has 0 fully saturated rings. The SMILES string of the molecule is CCCCNCC(C)OCC. The average Bonchev–Trinajstić information content (AvgIpc) is 1.99. The van der Waals surface area contributed by atoms with Crippen molar-refractivity contribution in [1.82, 2.24) is 5.32 Å². The molecule has 0 aliphatic carbocycles. The van der Waals surface area contributed by atoms with E-state index in [1.807, 2.05) is 6.92 Å². The molecule has 0 heterocycles. The third-order valence-electron chi connectivity index (χ3n) is 1.59. The smallest absolute Gasteiger partial charge is 0.0671 e. The molecule has 1 unspecified atom stereocenters. The first-order valence-corrected chi connectivity index (χ1v) is 4.63. The van der Waals surface area contributed by atoms with Gasteiger partial charge in [-0.25, -0.2) is 0 Å². The lowest BCUT2D eigenvalue weighted by molar-refractivity contribution is 0.0762. The molecule has 0 aromatic carbocycles. The molecule has 0 bridgehead atoms. The van der Waals surface area contributed by atoms with E-state index in [2.05, 4.69) is 19.2 Å². The van der Waals surface area contributed by atoms with Gasteiger partial charge in [-0.15, -0.1) is 0 Å². The number of nitrogens with one attached hydrogen (secondary N) is 1. The molecular formula is C9H21NO. The van der Waals surface area contributed by atoms with Crippen LogP contribution in [0.25, 0.3) is 0 Å². The normalized spacial score (nSPS) is 13.4. The quantitative estimate of drug-likeness (QED) is 0.572. The third kappa shape index (κ3) is 7.82. The number of hydrogen-bond donors (Lipinski definition) is 1. The van der Waals surface area contributed by atoms with E-state index >= 15 is 0 Å². The summed E-state index contributed by atoms with van der Waals surface area (Å²) >= 11 is 0. The maximum atomic E-state index is 5.36. The Morgan fingerprint density at radius 3 is 2.64 bits per heavy atom. The van der Waals surface area contributed by atoms with Gasteiger partial charge in [0.1, 0.15) is 0 Å². The second-order valence-electron chi connectivity index (χ2n) is 2.82.